The van der Waals surface area contributed by atoms with Gasteiger partial charge in [-0.25, -0.2) is 0 Å². The third-order valence-electron chi connectivity index (χ3n) is 5.32. The van der Waals surface area contributed by atoms with Crippen LogP contribution < -0.4 is 0 Å². The van der Waals surface area contributed by atoms with Gasteiger partial charge in [0.05, 0.1) is 0 Å². The van der Waals surface area contributed by atoms with Crippen molar-refractivity contribution in [1.82, 2.24) is 0 Å². The van der Waals surface area contributed by atoms with Gasteiger partial charge in [-0.05, 0) is 47.8 Å². The zero-order valence-electron chi connectivity index (χ0n) is 13.3. The van der Waals surface area contributed by atoms with Crippen molar-refractivity contribution in [3.63, 3.8) is 0 Å². The van der Waals surface area contributed by atoms with E-state index in [1.165, 1.54) is 38.5 Å². The minimum Gasteiger partial charge on any atom is -0.0648 e. The normalized spacial score (nSPS) is 31.6. The van der Waals surface area contributed by atoms with Crippen LogP contribution in [0.25, 0.3) is 0 Å². The number of hydrogen-bond acceptors (Lipinski definition) is 0. The maximum absolute atomic E-state index is 2.53. The molecular weight excluding hydrogens is 204 g/mol. The molecule has 0 spiro atoms. The van der Waals surface area contributed by atoms with E-state index < -0.39 is 0 Å². The first kappa shape index (κ1) is 15.1. The summed E-state index contributed by atoms with van der Waals surface area (Å²) in [5.41, 5.74) is 1.54. The Kier molecular flexibility index (Phi) is 4.37. The predicted molar refractivity (Wildman–Crippen MR) is 78.2 cm³/mol. The molecule has 1 aliphatic rings. The van der Waals surface area contributed by atoms with Crippen molar-refractivity contribution in [2.45, 2.75) is 87.0 Å². The number of hydrogen-bond donors (Lipinski definition) is 0. The van der Waals surface area contributed by atoms with E-state index in [0.29, 0.717) is 16.2 Å². The SMILES string of the molecule is CCC1(C(C)(C)CC(C)(C)C)CCC(C)CC1. The van der Waals surface area contributed by atoms with Gasteiger partial charge in [-0.2, -0.15) is 0 Å². The van der Waals surface area contributed by atoms with Gasteiger partial charge in [-0.15, -0.1) is 0 Å². The molecule has 0 saturated heterocycles. The lowest BCUT2D eigenvalue weighted by molar-refractivity contribution is -0.0199. The summed E-state index contributed by atoms with van der Waals surface area (Å²) in [4.78, 5) is 0. The Bertz CT molecular complexity index is 233. The van der Waals surface area contributed by atoms with Crippen molar-refractivity contribution >= 4 is 0 Å². The van der Waals surface area contributed by atoms with Gasteiger partial charge in [-0.3, -0.25) is 0 Å². The van der Waals surface area contributed by atoms with Crippen LogP contribution in [0.2, 0.25) is 0 Å². The highest BCUT2D eigenvalue weighted by atomic mass is 14.5. The zero-order valence-corrected chi connectivity index (χ0v) is 13.3. The highest BCUT2D eigenvalue weighted by Gasteiger charge is 2.46. The van der Waals surface area contributed by atoms with Crippen LogP contribution in [0, 0.1) is 22.2 Å². The average molecular weight is 238 g/mol. The molecule has 1 aliphatic carbocycles. The summed E-state index contributed by atoms with van der Waals surface area (Å²) in [6.45, 7) is 17.1. The molecule has 0 heteroatoms. The van der Waals surface area contributed by atoms with E-state index >= 15 is 0 Å². The minimum atomic E-state index is 0.453. The van der Waals surface area contributed by atoms with Crippen molar-refractivity contribution in [3.8, 4) is 0 Å². The van der Waals surface area contributed by atoms with Crippen LogP contribution in [-0.4, -0.2) is 0 Å². The lowest BCUT2D eigenvalue weighted by Gasteiger charge is -2.52. The van der Waals surface area contributed by atoms with Crippen LogP contribution in [0.1, 0.15) is 87.0 Å². The molecule has 0 amide bonds. The fraction of sp³-hybridized carbons (Fsp3) is 1.00. The molecule has 0 aliphatic heterocycles. The van der Waals surface area contributed by atoms with Gasteiger partial charge in [0.25, 0.3) is 0 Å². The van der Waals surface area contributed by atoms with Gasteiger partial charge in [0.2, 0.25) is 0 Å². The summed E-state index contributed by atoms with van der Waals surface area (Å²) in [5.74, 6) is 0.958. The molecule has 0 bridgehead atoms. The Balaban J connectivity index is 2.84. The second-order valence-electron chi connectivity index (χ2n) is 8.44. The maximum atomic E-state index is 2.53. The van der Waals surface area contributed by atoms with Crippen molar-refractivity contribution in [3.05, 3.63) is 0 Å². The Hall–Kier alpha value is 0. The van der Waals surface area contributed by atoms with Crippen molar-refractivity contribution in [2.75, 3.05) is 0 Å². The van der Waals surface area contributed by atoms with Gasteiger partial charge in [0.1, 0.15) is 0 Å². The Morgan fingerprint density at radius 3 is 1.82 bits per heavy atom. The summed E-state index contributed by atoms with van der Waals surface area (Å²) >= 11 is 0. The summed E-state index contributed by atoms with van der Waals surface area (Å²) < 4.78 is 0. The average Bonchev–Trinajstić information content (AvgIpc) is 2.15. The van der Waals surface area contributed by atoms with E-state index in [4.69, 9.17) is 0 Å². The fourth-order valence-electron chi connectivity index (χ4n) is 4.34. The van der Waals surface area contributed by atoms with Gasteiger partial charge in [0, 0.05) is 0 Å². The Labute approximate surface area is 110 Å². The van der Waals surface area contributed by atoms with Gasteiger partial charge < -0.3 is 0 Å². The molecule has 0 N–H and O–H groups in total. The van der Waals surface area contributed by atoms with E-state index in [1.54, 1.807) is 0 Å². The van der Waals surface area contributed by atoms with Crippen LogP contribution in [-0.2, 0) is 0 Å². The molecule has 0 unspecified atom stereocenters. The minimum absolute atomic E-state index is 0.453. The Morgan fingerprint density at radius 2 is 1.47 bits per heavy atom. The third-order valence-corrected chi connectivity index (χ3v) is 5.32. The smallest absolute Gasteiger partial charge is 0.0248 e. The molecule has 17 heavy (non-hydrogen) atoms. The molecule has 0 heterocycles. The largest absolute Gasteiger partial charge is 0.0648 e. The van der Waals surface area contributed by atoms with E-state index in [1.807, 2.05) is 0 Å². The highest BCUT2D eigenvalue weighted by molar-refractivity contribution is 4.96. The van der Waals surface area contributed by atoms with Crippen LogP contribution in [0.15, 0.2) is 0 Å². The van der Waals surface area contributed by atoms with Crippen LogP contribution in [0.3, 0.4) is 0 Å². The third kappa shape index (κ3) is 3.48. The van der Waals surface area contributed by atoms with Crippen LogP contribution >= 0.6 is 0 Å². The van der Waals surface area contributed by atoms with E-state index in [9.17, 15) is 0 Å². The van der Waals surface area contributed by atoms with Gasteiger partial charge in [-0.1, -0.05) is 61.3 Å². The van der Waals surface area contributed by atoms with E-state index in [2.05, 4.69) is 48.5 Å². The molecule has 1 rings (SSSR count). The fourth-order valence-corrected chi connectivity index (χ4v) is 4.34. The molecule has 0 aromatic rings. The second-order valence-corrected chi connectivity index (χ2v) is 8.44. The molecule has 0 atom stereocenters. The van der Waals surface area contributed by atoms with Crippen molar-refractivity contribution < 1.29 is 0 Å². The molecule has 0 aromatic carbocycles. The molecule has 102 valence electrons. The summed E-state index contributed by atoms with van der Waals surface area (Å²) in [5, 5.41) is 0. The van der Waals surface area contributed by atoms with Crippen LogP contribution in [0.5, 0.6) is 0 Å². The Morgan fingerprint density at radius 1 is 1.00 bits per heavy atom. The van der Waals surface area contributed by atoms with E-state index in [0.717, 1.165) is 5.92 Å². The summed E-state index contributed by atoms with van der Waals surface area (Å²) in [6.07, 6.45) is 8.51. The lowest BCUT2D eigenvalue weighted by atomic mass is 9.53. The summed E-state index contributed by atoms with van der Waals surface area (Å²) in [7, 11) is 0. The van der Waals surface area contributed by atoms with Crippen LogP contribution in [0.4, 0.5) is 0 Å². The quantitative estimate of drug-likeness (QED) is 0.561. The zero-order chi connectivity index (χ0) is 13.3. The second kappa shape index (κ2) is 4.94. The first-order chi connectivity index (χ1) is 7.62. The molecule has 0 aromatic heterocycles. The van der Waals surface area contributed by atoms with Crippen molar-refractivity contribution in [2.24, 2.45) is 22.2 Å². The summed E-state index contributed by atoms with van der Waals surface area (Å²) in [6, 6.07) is 0. The topological polar surface area (TPSA) is 0 Å². The van der Waals surface area contributed by atoms with Crippen molar-refractivity contribution in [1.29, 1.82) is 0 Å². The first-order valence-electron chi connectivity index (χ1n) is 7.62. The van der Waals surface area contributed by atoms with Gasteiger partial charge >= 0.3 is 0 Å². The first-order valence-corrected chi connectivity index (χ1v) is 7.62. The highest BCUT2D eigenvalue weighted by Crippen LogP contribution is 2.56. The molecule has 1 saturated carbocycles. The molecule has 1 fully saturated rings. The molecule has 0 radical (unpaired) electrons. The van der Waals surface area contributed by atoms with Gasteiger partial charge in [0.15, 0.2) is 0 Å². The lowest BCUT2D eigenvalue weighted by Crippen LogP contribution is -2.42. The molecular formula is C17H34. The predicted octanol–water partition coefficient (Wildman–Crippen LogP) is 6.06. The molecule has 0 nitrogen and oxygen atoms in total. The number of rotatable bonds is 3. The maximum Gasteiger partial charge on any atom is -0.0248 e. The standard InChI is InChI=1S/C17H34/c1-8-17(11-9-14(2)10-12-17)16(6,7)13-15(3,4)5/h14H,8-13H2,1-7H3. The van der Waals surface area contributed by atoms with E-state index in [-0.39, 0.29) is 0 Å². The monoisotopic (exact) mass is 238 g/mol.